The van der Waals surface area contributed by atoms with Crippen molar-refractivity contribution in [1.82, 2.24) is 20.2 Å². The maximum atomic E-state index is 13.6. The largest absolute Gasteiger partial charge is 0.497 e. The first-order chi connectivity index (χ1) is 19.7. The van der Waals surface area contributed by atoms with Gasteiger partial charge in [0.25, 0.3) is 0 Å². The Kier molecular flexibility index (Phi) is 8.14. The van der Waals surface area contributed by atoms with Crippen LogP contribution in [0.4, 0.5) is 0 Å². The van der Waals surface area contributed by atoms with Crippen molar-refractivity contribution >= 4 is 17.8 Å². The number of ether oxygens (including phenoxy) is 3. The lowest BCUT2D eigenvalue weighted by molar-refractivity contribution is -0.145. The van der Waals surface area contributed by atoms with E-state index in [2.05, 4.69) is 15.3 Å². The van der Waals surface area contributed by atoms with E-state index < -0.39 is 35.4 Å². The fourth-order valence-corrected chi connectivity index (χ4v) is 5.85. The van der Waals surface area contributed by atoms with Crippen LogP contribution in [0.25, 0.3) is 11.3 Å². The SMILES string of the molecule is COc1cccc(-c2cc(O[C@@H]3C[C@H]4C(=O)N[C@]5(C(=O)O)C[C@H]5/C=C\CCCCN(C)C(=O)[C@@H]4C3)nc(OC)n2)c1. The summed E-state index contributed by atoms with van der Waals surface area (Å²) in [4.78, 5) is 49.8. The van der Waals surface area contributed by atoms with Crippen LogP contribution in [0.15, 0.2) is 42.5 Å². The zero-order valence-corrected chi connectivity index (χ0v) is 23.5. The quantitative estimate of drug-likeness (QED) is 0.507. The Hall–Kier alpha value is -4.15. The van der Waals surface area contributed by atoms with Crippen molar-refractivity contribution in [3.05, 3.63) is 42.5 Å². The van der Waals surface area contributed by atoms with Crippen molar-refractivity contribution in [2.24, 2.45) is 17.8 Å². The average Bonchev–Trinajstić information content (AvgIpc) is 3.51. The van der Waals surface area contributed by atoms with Crippen LogP contribution in [0.5, 0.6) is 17.6 Å². The summed E-state index contributed by atoms with van der Waals surface area (Å²) in [5.74, 6) is -2.36. The number of benzene rings is 1. The first-order valence-corrected chi connectivity index (χ1v) is 13.9. The zero-order valence-electron chi connectivity index (χ0n) is 23.5. The van der Waals surface area contributed by atoms with E-state index in [4.69, 9.17) is 14.2 Å². The van der Waals surface area contributed by atoms with Gasteiger partial charge in [0.1, 0.15) is 17.4 Å². The van der Waals surface area contributed by atoms with Gasteiger partial charge in [-0.25, -0.2) is 4.79 Å². The molecule has 0 radical (unpaired) electrons. The molecular weight excluding hydrogens is 528 g/mol. The van der Waals surface area contributed by atoms with Crippen molar-refractivity contribution in [2.75, 3.05) is 27.8 Å². The Bertz CT molecular complexity index is 1350. The number of carboxylic acids is 1. The third kappa shape index (κ3) is 5.98. The summed E-state index contributed by atoms with van der Waals surface area (Å²) in [5, 5.41) is 12.8. The molecule has 1 aliphatic heterocycles. The molecule has 11 nitrogen and oxygen atoms in total. The molecule has 1 aromatic carbocycles. The number of nitrogens with zero attached hydrogens (tertiary/aromatic N) is 3. The van der Waals surface area contributed by atoms with Crippen molar-refractivity contribution in [1.29, 1.82) is 0 Å². The molecule has 41 heavy (non-hydrogen) atoms. The van der Waals surface area contributed by atoms with Crippen LogP contribution < -0.4 is 19.5 Å². The van der Waals surface area contributed by atoms with E-state index in [1.165, 1.54) is 7.11 Å². The Morgan fingerprint density at radius 3 is 2.66 bits per heavy atom. The van der Waals surface area contributed by atoms with Gasteiger partial charge in [-0.15, -0.1) is 0 Å². The molecule has 2 amide bonds. The normalized spacial score (nSPS) is 28.9. The van der Waals surface area contributed by atoms with E-state index >= 15 is 0 Å². The van der Waals surface area contributed by atoms with Crippen LogP contribution in [-0.4, -0.2) is 77.2 Å². The fraction of sp³-hybridized carbons (Fsp3) is 0.500. The molecule has 2 saturated carbocycles. The minimum atomic E-state index is -1.33. The van der Waals surface area contributed by atoms with E-state index in [-0.39, 0.29) is 30.1 Å². The van der Waals surface area contributed by atoms with Crippen LogP contribution in [0, 0.1) is 17.8 Å². The summed E-state index contributed by atoms with van der Waals surface area (Å²) >= 11 is 0. The highest BCUT2D eigenvalue weighted by molar-refractivity contribution is 5.94. The molecule has 5 rings (SSSR count). The second-order valence-electron chi connectivity index (χ2n) is 11.0. The van der Waals surface area contributed by atoms with Gasteiger partial charge in [-0.05, 0) is 50.7 Å². The molecule has 5 atom stereocenters. The van der Waals surface area contributed by atoms with Crippen LogP contribution in [0.1, 0.15) is 38.5 Å². The molecule has 2 fully saturated rings. The summed E-state index contributed by atoms with van der Waals surface area (Å²) in [6.07, 6.45) is 6.75. The zero-order chi connectivity index (χ0) is 29.1. The number of aromatic nitrogens is 2. The first-order valence-electron chi connectivity index (χ1n) is 13.9. The summed E-state index contributed by atoms with van der Waals surface area (Å²) in [6.45, 7) is 0.582. The van der Waals surface area contributed by atoms with Gasteiger partial charge in [0, 0.05) is 31.1 Å². The van der Waals surface area contributed by atoms with E-state index in [0.717, 1.165) is 24.8 Å². The fourth-order valence-electron chi connectivity index (χ4n) is 5.85. The van der Waals surface area contributed by atoms with Gasteiger partial charge in [0.2, 0.25) is 17.7 Å². The predicted molar refractivity (Wildman–Crippen MR) is 148 cm³/mol. The van der Waals surface area contributed by atoms with Crippen LogP contribution >= 0.6 is 0 Å². The standard InChI is InChI=1S/C30H36N4O7/c1-34-12-7-5-4-6-10-19-17-30(19,28(37)38)33-26(35)22-14-21(15-23(22)27(34)36)41-25-16-24(31-29(32-25)40-3)18-9-8-11-20(13-18)39-2/h6,8-11,13,16,19,21-23H,4-5,7,12,14-15,17H2,1-3H3,(H,33,35)(H,37,38)/b10-6-/t19-,21-,22-,23-,30-/m1/s1. The third-order valence-electron chi connectivity index (χ3n) is 8.29. The molecular formula is C30H36N4O7. The summed E-state index contributed by atoms with van der Waals surface area (Å²) in [5.41, 5.74) is 0.00621. The Morgan fingerprint density at radius 2 is 1.90 bits per heavy atom. The number of methoxy groups -OCH3 is 2. The summed E-state index contributed by atoms with van der Waals surface area (Å²) in [6, 6.07) is 9.19. The molecule has 0 spiro atoms. The number of allylic oxidation sites excluding steroid dienone is 1. The molecule has 0 unspecified atom stereocenters. The number of fused-ring (bicyclic) bond motifs is 2. The van der Waals surface area contributed by atoms with Gasteiger partial charge in [-0.3, -0.25) is 9.59 Å². The molecule has 11 heteroatoms. The third-order valence-corrected chi connectivity index (χ3v) is 8.29. The van der Waals surface area contributed by atoms with E-state index in [9.17, 15) is 19.5 Å². The Labute approximate surface area is 238 Å². The molecule has 3 aliphatic rings. The highest BCUT2D eigenvalue weighted by atomic mass is 16.5. The van der Waals surface area contributed by atoms with Gasteiger partial charge in [-0.2, -0.15) is 9.97 Å². The van der Waals surface area contributed by atoms with Crippen molar-refractivity contribution in [3.63, 3.8) is 0 Å². The van der Waals surface area contributed by atoms with E-state index in [0.29, 0.717) is 30.8 Å². The molecule has 1 aromatic heterocycles. The lowest BCUT2D eigenvalue weighted by Gasteiger charge is -2.26. The molecule has 218 valence electrons. The number of amides is 2. The topological polar surface area (TPSA) is 140 Å². The monoisotopic (exact) mass is 564 g/mol. The lowest BCUT2D eigenvalue weighted by atomic mass is 9.93. The van der Waals surface area contributed by atoms with E-state index in [1.807, 2.05) is 36.4 Å². The van der Waals surface area contributed by atoms with Crippen LogP contribution in [0.2, 0.25) is 0 Å². The highest BCUT2D eigenvalue weighted by Gasteiger charge is 2.61. The smallest absolute Gasteiger partial charge is 0.330 e. The second-order valence-corrected chi connectivity index (χ2v) is 11.0. The molecule has 2 aliphatic carbocycles. The molecule has 0 bridgehead atoms. The highest BCUT2D eigenvalue weighted by Crippen LogP contribution is 2.46. The van der Waals surface area contributed by atoms with Crippen molar-refractivity contribution in [2.45, 2.75) is 50.2 Å². The minimum absolute atomic E-state index is 0.113. The maximum Gasteiger partial charge on any atom is 0.330 e. The van der Waals surface area contributed by atoms with Gasteiger partial charge in [0.15, 0.2) is 0 Å². The lowest BCUT2D eigenvalue weighted by Crippen LogP contribution is -2.49. The number of aliphatic carboxylic acids is 1. The van der Waals surface area contributed by atoms with Gasteiger partial charge >= 0.3 is 12.0 Å². The summed E-state index contributed by atoms with van der Waals surface area (Å²) < 4.78 is 16.9. The number of nitrogens with one attached hydrogen (secondary N) is 1. The number of carboxylic acid groups (broad SMARTS) is 1. The first kappa shape index (κ1) is 28.4. The molecule has 0 saturated heterocycles. The number of carbonyl (C=O) groups is 3. The molecule has 2 N–H and O–H groups in total. The number of hydrogen-bond donors (Lipinski definition) is 2. The van der Waals surface area contributed by atoms with Crippen molar-refractivity contribution in [3.8, 4) is 28.9 Å². The Balaban J connectivity index is 1.40. The van der Waals surface area contributed by atoms with Crippen molar-refractivity contribution < 1.29 is 33.7 Å². The van der Waals surface area contributed by atoms with Crippen LogP contribution in [0.3, 0.4) is 0 Å². The van der Waals surface area contributed by atoms with Gasteiger partial charge in [-0.1, -0.05) is 24.3 Å². The second kappa shape index (κ2) is 11.8. The van der Waals surface area contributed by atoms with Gasteiger partial charge < -0.3 is 29.5 Å². The number of rotatable bonds is 6. The average molecular weight is 565 g/mol. The van der Waals surface area contributed by atoms with E-state index in [1.54, 1.807) is 25.1 Å². The Morgan fingerprint density at radius 1 is 1.10 bits per heavy atom. The van der Waals surface area contributed by atoms with Crippen LogP contribution in [-0.2, 0) is 14.4 Å². The maximum absolute atomic E-state index is 13.6. The minimum Gasteiger partial charge on any atom is -0.497 e. The molecule has 2 aromatic rings. The predicted octanol–water partition coefficient (Wildman–Crippen LogP) is 3.09. The van der Waals surface area contributed by atoms with Gasteiger partial charge in [0.05, 0.1) is 31.7 Å². The summed E-state index contributed by atoms with van der Waals surface area (Å²) in [7, 11) is 4.80. The molecule has 2 heterocycles. The number of carbonyl (C=O) groups excluding carboxylic acids is 2. The number of hydrogen-bond acceptors (Lipinski definition) is 8.